The van der Waals surface area contributed by atoms with Gasteiger partial charge in [-0.15, -0.1) is 0 Å². The smallest absolute Gasteiger partial charge is 0.324 e. The average Bonchev–Trinajstić information content (AvgIpc) is 2.78. The molecule has 26 heavy (non-hydrogen) atoms. The lowest BCUT2D eigenvalue weighted by molar-refractivity contribution is -0.137. The first-order chi connectivity index (χ1) is 12.4. The van der Waals surface area contributed by atoms with E-state index in [0.29, 0.717) is 11.3 Å². The number of benzodiazepines with no additional fused rings is 1. The molecule has 1 N–H and O–H groups in total. The van der Waals surface area contributed by atoms with Crippen LogP contribution in [0.1, 0.15) is 16.7 Å². The number of nitrogens with one attached hydrogen (secondary N) is 1. The maximum atomic E-state index is 13.0. The molecule has 0 fully saturated rings. The van der Waals surface area contributed by atoms with E-state index >= 15 is 0 Å². The second-order valence-electron chi connectivity index (χ2n) is 6.03. The molecule has 3 aromatic carbocycles. The molecule has 3 aromatic rings. The fourth-order valence-corrected chi connectivity index (χ4v) is 3.04. The number of aliphatic imine (C=N–C) groups is 1. The molecular formula is C20H13F3N2O. The summed E-state index contributed by atoms with van der Waals surface area (Å²) in [5.41, 5.74) is 1.03. The number of halogens is 3. The molecule has 0 unspecified atom stereocenters. The molecule has 1 amide bonds. The number of carbonyl (C=O) groups is 1. The Balaban J connectivity index is 1.87. The molecule has 6 heteroatoms. The molecule has 0 bridgehead atoms. The van der Waals surface area contributed by atoms with Gasteiger partial charge in [0.15, 0.2) is 0 Å². The Morgan fingerprint density at radius 3 is 2.46 bits per heavy atom. The molecule has 3 nitrogen and oxygen atoms in total. The first-order valence-corrected chi connectivity index (χ1v) is 7.97. The minimum atomic E-state index is -4.48. The Hall–Kier alpha value is -3.15. The summed E-state index contributed by atoms with van der Waals surface area (Å²) in [6.07, 6.45) is -4.48. The van der Waals surface area contributed by atoms with Crippen molar-refractivity contribution in [2.75, 3.05) is 11.9 Å². The monoisotopic (exact) mass is 354 g/mol. The number of anilines is 1. The predicted molar refractivity (Wildman–Crippen MR) is 94.5 cm³/mol. The zero-order valence-corrected chi connectivity index (χ0v) is 13.5. The highest BCUT2D eigenvalue weighted by atomic mass is 19.4. The summed E-state index contributed by atoms with van der Waals surface area (Å²) in [6.45, 7) is -0.141. The van der Waals surface area contributed by atoms with E-state index in [0.717, 1.165) is 28.5 Å². The van der Waals surface area contributed by atoms with Gasteiger partial charge in [-0.2, -0.15) is 13.2 Å². The molecule has 0 saturated carbocycles. The summed E-state index contributed by atoms with van der Waals surface area (Å²) in [6, 6.07) is 16.8. The number of hydrogen-bond acceptors (Lipinski definition) is 2. The van der Waals surface area contributed by atoms with E-state index in [1.54, 1.807) is 0 Å². The SMILES string of the molecule is O=C1CN=C(c2ccc3ccccc3c2)c2ccc(C(F)(F)F)cc2N1. The lowest BCUT2D eigenvalue weighted by atomic mass is 9.97. The van der Waals surface area contributed by atoms with Crippen LogP contribution in [0.5, 0.6) is 0 Å². The molecule has 0 saturated heterocycles. The van der Waals surface area contributed by atoms with Crippen molar-refractivity contribution in [3.63, 3.8) is 0 Å². The van der Waals surface area contributed by atoms with Gasteiger partial charge in [0, 0.05) is 11.1 Å². The Morgan fingerprint density at radius 2 is 1.69 bits per heavy atom. The van der Waals surface area contributed by atoms with Crippen LogP contribution < -0.4 is 5.32 Å². The fourth-order valence-electron chi connectivity index (χ4n) is 3.04. The van der Waals surface area contributed by atoms with E-state index in [4.69, 9.17) is 0 Å². The van der Waals surface area contributed by atoms with Crippen LogP contribution in [0.2, 0.25) is 0 Å². The Labute approximate surface area is 147 Å². The molecular weight excluding hydrogens is 341 g/mol. The Bertz CT molecular complexity index is 1050. The maximum Gasteiger partial charge on any atom is 0.416 e. The van der Waals surface area contributed by atoms with Crippen LogP contribution in [0.3, 0.4) is 0 Å². The second-order valence-corrected chi connectivity index (χ2v) is 6.03. The number of hydrogen-bond donors (Lipinski definition) is 1. The first-order valence-electron chi connectivity index (χ1n) is 7.97. The van der Waals surface area contributed by atoms with Gasteiger partial charge in [0.1, 0.15) is 6.54 Å². The molecule has 130 valence electrons. The largest absolute Gasteiger partial charge is 0.416 e. The number of nitrogens with zero attached hydrogens (tertiary/aromatic N) is 1. The van der Waals surface area contributed by atoms with Gasteiger partial charge in [-0.1, -0.05) is 42.5 Å². The molecule has 0 atom stereocenters. The summed E-state index contributed by atoms with van der Waals surface area (Å²) in [4.78, 5) is 16.2. The van der Waals surface area contributed by atoms with Crippen LogP contribution >= 0.6 is 0 Å². The van der Waals surface area contributed by atoms with Gasteiger partial charge in [0.25, 0.3) is 0 Å². The van der Waals surface area contributed by atoms with E-state index in [1.165, 1.54) is 6.07 Å². The quantitative estimate of drug-likeness (QED) is 0.679. The second kappa shape index (κ2) is 5.98. The van der Waals surface area contributed by atoms with E-state index in [1.807, 2.05) is 42.5 Å². The highest BCUT2D eigenvalue weighted by molar-refractivity contribution is 6.20. The zero-order chi connectivity index (χ0) is 18.3. The minimum absolute atomic E-state index is 0.120. The fraction of sp³-hybridized carbons (Fsp3) is 0.100. The van der Waals surface area contributed by atoms with Crippen LogP contribution in [0.15, 0.2) is 65.7 Å². The van der Waals surface area contributed by atoms with Gasteiger partial charge in [-0.05, 0) is 29.0 Å². The number of alkyl halides is 3. The van der Waals surface area contributed by atoms with Gasteiger partial charge in [-0.25, -0.2) is 0 Å². The van der Waals surface area contributed by atoms with Crippen molar-refractivity contribution in [1.82, 2.24) is 0 Å². The number of fused-ring (bicyclic) bond motifs is 2. The summed E-state index contributed by atoms with van der Waals surface area (Å²) in [7, 11) is 0. The van der Waals surface area contributed by atoms with E-state index in [-0.39, 0.29) is 12.2 Å². The van der Waals surface area contributed by atoms with Gasteiger partial charge in [0.2, 0.25) is 5.91 Å². The lowest BCUT2D eigenvalue weighted by Crippen LogP contribution is -2.14. The van der Waals surface area contributed by atoms with Crippen molar-refractivity contribution in [2.24, 2.45) is 4.99 Å². The van der Waals surface area contributed by atoms with Crippen molar-refractivity contribution >= 4 is 28.1 Å². The Kier molecular flexibility index (Phi) is 3.76. The molecule has 1 heterocycles. The molecule has 1 aliphatic rings. The summed E-state index contributed by atoms with van der Waals surface area (Å²) < 4.78 is 39.0. The maximum absolute atomic E-state index is 13.0. The van der Waals surface area contributed by atoms with Gasteiger partial charge in [-0.3, -0.25) is 9.79 Å². The first kappa shape index (κ1) is 16.3. The molecule has 0 radical (unpaired) electrons. The molecule has 1 aliphatic heterocycles. The average molecular weight is 354 g/mol. The van der Waals surface area contributed by atoms with Gasteiger partial charge < -0.3 is 5.32 Å². The third kappa shape index (κ3) is 2.94. The van der Waals surface area contributed by atoms with Crippen LogP contribution in [0.25, 0.3) is 10.8 Å². The number of amides is 1. The topological polar surface area (TPSA) is 41.5 Å². The lowest BCUT2D eigenvalue weighted by Gasteiger charge is -2.14. The highest BCUT2D eigenvalue weighted by Crippen LogP contribution is 2.34. The third-order valence-corrected chi connectivity index (χ3v) is 4.28. The predicted octanol–water partition coefficient (Wildman–Crippen LogP) is 4.65. The van der Waals surface area contributed by atoms with E-state index < -0.39 is 17.6 Å². The minimum Gasteiger partial charge on any atom is -0.324 e. The molecule has 0 aromatic heterocycles. The van der Waals surface area contributed by atoms with Crippen LogP contribution in [0.4, 0.5) is 18.9 Å². The summed E-state index contributed by atoms with van der Waals surface area (Å²) in [5, 5.41) is 4.56. The normalized spacial score (nSPS) is 14.4. The van der Waals surface area contributed by atoms with Crippen molar-refractivity contribution in [3.05, 3.63) is 77.4 Å². The van der Waals surface area contributed by atoms with Crippen LogP contribution in [-0.4, -0.2) is 18.2 Å². The summed E-state index contributed by atoms with van der Waals surface area (Å²) in [5.74, 6) is -0.443. The number of benzene rings is 3. The number of carbonyl (C=O) groups excluding carboxylic acids is 1. The van der Waals surface area contributed by atoms with Gasteiger partial charge in [0.05, 0.1) is 17.0 Å². The van der Waals surface area contributed by atoms with E-state index in [9.17, 15) is 18.0 Å². The van der Waals surface area contributed by atoms with Crippen molar-refractivity contribution < 1.29 is 18.0 Å². The third-order valence-electron chi connectivity index (χ3n) is 4.28. The van der Waals surface area contributed by atoms with Crippen molar-refractivity contribution in [1.29, 1.82) is 0 Å². The standard InChI is InChI=1S/C20H13F3N2O/c21-20(22,23)15-7-8-16-17(10-15)25-18(26)11-24-19(16)14-6-5-12-3-1-2-4-13(12)9-14/h1-10H,11H2,(H,25,26). The molecule has 0 spiro atoms. The van der Waals surface area contributed by atoms with Crippen LogP contribution in [-0.2, 0) is 11.0 Å². The summed E-state index contributed by atoms with van der Waals surface area (Å²) >= 11 is 0. The van der Waals surface area contributed by atoms with Crippen molar-refractivity contribution in [3.8, 4) is 0 Å². The number of rotatable bonds is 1. The molecule has 0 aliphatic carbocycles. The highest BCUT2D eigenvalue weighted by Gasteiger charge is 2.32. The van der Waals surface area contributed by atoms with Gasteiger partial charge >= 0.3 is 6.18 Å². The van der Waals surface area contributed by atoms with E-state index in [2.05, 4.69) is 10.3 Å². The van der Waals surface area contributed by atoms with Crippen molar-refractivity contribution in [2.45, 2.75) is 6.18 Å². The van der Waals surface area contributed by atoms with Crippen LogP contribution in [0, 0.1) is 0 Å². The zero-order valence-electron chi connectivity index (χ0n) is 13.5. The molecule has 4 rings (SSSR count). The Morgan fingerprint density at radius 1 is 0.923 bits per heavy atom.